The summed E-state index contributed by atoms with van der Waals surface area (Å²) >= 11 is 1.60. The SMILES string of the molecule is CCN1CCC(N(C)c2ncc(C(C)O)s2)CC1. The van der Waals surface area contributed by atoms with Crippen LogP contribution in [0.1, 0.15) is 37.7 Å². The number of aromatic nitrogens is 1. The molecule has 1 aromatic rings. The summed E-state index contributed by atoms with van der Waals surface area (Å²) in [4.78, 5) is 10.1. The maximum absolute atomic E-state index is 9.54. The Kier molecular flexibility index (Phi) is 4.59. The summed E-state index contributed by atoms with van der Waals surface area (Å²) in [6.45, 7) is 7.52. The molecule has 0 bridgehead atoms. The molecule has 0 aromatic carbocycles. The van der Waals surface area contributed by atoms with Crippen LogP contribution in [-0.2, 0) is 0 Å². The van der Waals surface area contributed by atoms with E-state index >= 15 is 0 Å². The van der Waals surface area contributed by atoms with Crippen molar-refractivity contribution in [2.75, 3.05) is 31.6 Å². The van der Waals surface area contributed by atoms with Crippen LogP contribution in [0.3, 0.4) is 0 Å². The molecule has 1 fully saturated rings. The van der Waals surface area contributed by atoms with Crippen molar-refractivity contribution < 1.29 is 5.11 Å². The lowest BCUT2D eigenvalue weighted by Crippen LogP contribution is -2.43. The second-order valence-electron chi connectivity index (χ2n) is 5.00. The van der Waals surface area contributed by atoms with Crippen molar-refractivity contribution in [3.63, 3.8) is 0 Å². The summed E-state index contributed by atoms with van der Waals surface area (Å²) in [6.07, 6.45) is 3.79. The molecule has 1 N–H and O–H groups in total. The fourth-order valence-corrected chi connectivity index (χ4v) is 3.30. The normalized spacial score (nSPS) is 20.0. The smallest absolute Gasteiger partial charge is 0.185 e. The van der Waals surface area contributed by atoms with Gasteiger partial charge in [-0.25, -0.2) is 4.98 Å². The van der Waals surface area contributed by atoms with Crippen molar-refractivity contribution in [3.05, 3.63) is 11.1 Å². The molecule has 4 nitrogen and oxygen atoms in total. The van der Waals surface area contributed by atoms with Crippen molar-refractivity contribution >= 4 is 16.5 Å². The first-order valence-electron chi connectivity index (χ1n) is 6.70. The molecule has 1 atom stereocenters. The van der Waals surface area contributed by atoms with Crippen molar-refractivity contribution in [2.24, 2.45) is 0 Å². The molecule has 0 spiro atoms. The lowest BCUT2D eigenvalue weighted by atomic mass is 10.0. The monoisotopic (exact) mass is 269 g/mol. The predicted molar refractivity (Wildman–Crippen MR) is 76.3 cm³/mol. The molecule has 0 radical (unpaired) electrons. The van der Waals surface area contributed by atoms with Gasteiger partial charge in [0.2, 0.25) is 0 Å². The van der Waals surface area contributed by atoms with E-state index in [4.69, 9.17) is 0 Å². The Morgan fingerprint density at radius 1 is 1.56 bits per heavy atom. The Bertz CT molecular complexity index is 372. The van der Waals surface area contributed by atoms with E-state index in [1.54, 1.807) is 24.5 Å². The number of thiazole rings is 1. The van der Waals surface area contributed by atoms with Crippen molar-refractivity contribution in [1.29, 1.82) is 0 Å². The molecular formula is C13H23N3OS. The highest BCUT2D eigenvalue weighted by atomic mass is 32.1. The topological polar surface area (TPSA) is 39.6 Å². The fraction of sp³-hybridized carbons (Fsp3) is 0.769. The van der Waals surface area contributed by atoms with E-state index < -0.39 is 6.10 Å². The minimum absolute atomic E-state index is 0.411. The standard InChI is InChI=1S/C13H23N3OS/c1-4-16-7-5-11(6-8-16)15(3)13-14-9-12(18-13)10(2)17/h9-11,17H,4-8H2,1-3H3. The van der Waals surface area contributed by atoms with Gasteiger partial charge < -0.3 is 14.9 Å². The van der Waals surface area contributed by atoms with Gasteiger partial charge in [-0.15, -0.1) is 0 Å². The van der Waals surface area contributed by atoms with E-state index in [0.29, 0.717) is 6.04 Å². The number of piperidine rings is 1. The largest absolute Gasteiger partial charge is 0.388 e. The van der Waals surface area contributed by atoms with Gasteiger partial charge in [-0.2, -0.15) is 0 Å². The van der Waals surface area contributed by atoms with E-state index in [-0.39, 0.29) is 0 Å². The van der Waals surface area contributed by atoms with Gasteiger partial charge in [0.05, 0.1) is 11.0 Å². The quantitative estimate of drug-likeness (QED) is 0.909. The van der Waals surface area contributed by atoms with Gasteiger partial charge in [0.15, 0.2) is 5.13 Å². The molecular weight excluding hydrogens is 246 g/mol. The van der Waals surface area contributed by atoms with E-state index in [0.717, 1.165) is 16.6 Å². The third-order valence-electron chi connectivity index (χ3n) is 3.78. The molecule has 18 heavy (non-hydrogen) atoms. The number of hydrogen-bond donors (Lipinski definition) is 1. The average Bonchev–Trinajstić information content (AvgIpc) is 2.88. The van der Waals surface area contributed by atoms with E-state index in [2.05, 4.69) is 28.8 Å². The number of rotatable bonds is 4. The molecule has 1 aliphatic heterocycles. The Labute approximate surface area is 113 Å². The van der Waals surface area contributed by atoms with Crippen LogP contribution >= 0.6 is 11.3 Å². The minimum atomic E-state index is -0.411. The number of nitrogens with zero attached hydrogens (tertiary/aromatic N) is 3. The summed E-state index contributed by atoms with van der Waals surface area (Å²) in [5, 5.41) is 10.6. The highest BCUT2D eigenvalue weighted by Crippen LogP contribution is 2.29. The molecule has 1 aliphatic rings. The van der Waals surface area contributed by atoms with Crippen LogP contribution < -0.4 is 4.90 Å². The summed E-state index contributed by atoms with van der Waals surface area (Å²) in [7, 11) is 2.12. The molecule has 1 unspecified atom stereocenters. The van der Waals surface area contributed by atoms with E-state index in [1.807, 2.05) is 0 Å². The minimum Gasteiger partial charge on any atom is -0.388 e. The Morgan fingerprint density at radius 3 is 2.72 bits per heavy atom. The summed E-state index contributed by atoms with van der Waals surface area (Å²) < 4.78 is 0. The van der Waals surface area contributed by atoms with Gasteiger partial charge in [-0.05, 0) is 26.3 Å². The van der Waals surface area contributed by atoms with Gasteiger partial charge in [0.25, 0.3) is 0 Å². The maximum Gasteiger partial charge on any atom is 0.185 e. The molecule has 0 amide bonds. The molecule has 1 saturated heterocycles. The maximum atomic E-state index is 9.54. The molecule has 0 aliphatic carbocycles. The van der Waals surface area contributed by atoms with Crippen LogP contribution in [0, 0.1) is 0 Å². The van der Waals surface area contributed by atoms with Crippen LogP contribution in [0.25, 0.3) is 0 Å². The third kappa shape index (κ3) is 3.02. The molecule has 2 heterocycles. The zero-order valence-electron chi connectivity index (χ0n) is 11.5. The van der Waals surface area contributed by atoms with E-state index in [1.165, 1.54) is 25.9 Å². The van der Waals surface area contributed by atoms with Gasteiger partial charge in [-0.1, -0.05) is 18.3 Å². The van der Waals surface area contributed by atoms with Gasteiger partial charge in [0, 0.05) is 32.4 Å². The predicted octanol–water partition coefficient (Wildman–Crippen LogP) is 2.12. The first kappa shape index (κ1) is 13.8. The third-order valence-corrected chi connectivity index (χ3v) is 5.04. The van der Waals surface area contributed by atoms with Gasteiger partial charge in [0.1, 0.15) is 0 Å². The summed E-state index contributed by atoms with van der Waals surface area (Å²) in [6, 6.07) is 0.584. The fourth-order valence-electron chi connectivity index (χ4n) is 2.41. The second-order valence-corrected chi connectivity index (χ2v) is 6.04. The zero-order chi connectivity index (χ0) is 13.1. The molecule has 102 valence electrons. The molecule has 0 saturated carbocycles. The average molecular weight is 269 g/mol. The Morgan fingerprint density at radius 2 is 2.22 bits per heavy atom. The van der Waals surface area contributed by atoms with Crippen LogP contribution in [0.5, 0.6) is 0 Å². The van der Waals surface area contributed by atoms with Crippen molar-refractivity contribution in [2.45, 2.75) is 38.8 Å². The highest BCUT2D eigenvalue weighted by Gasteiger charge is 2.23. The lowest BCUT2D eigenvalue weighted by molar-refractivity contribution is 0.203. The van der Waals surface area contributed by atoms with Gasteiger partial charge in [-0.3, -0.25) is 0 Å². The number of aliphatic hydroxyl groups is 1. The second kappa shape index (κ2) is 5.99. The van der Waals surface area contributed by atoms with Crippen LogP contribution in [0.4, 0.5) is 5.13 Å². The number of likely N-dealkylation sites (tertiary alicyclic amines) is 1. The highest BCUT2D eigenvalue weighted by molar-refractivity contribution is 7.15. The van der Waals surface area contributed by atoms with Crippen molar-refractivity contribution in [1.82, 2.24) is 9.88 Å². The Hall–Kier alpha value is -0.650. The zero-order valence-corrected chi connectivity index (χ0v) is 12.3. The Balaban J connectivity index is 1.96. The molecule has 5 heteroatoms. The van der Waals surface area contributed by atoms with Crippen molar-refractivity contribution in [3.8, 4) is 0 Å². The lowest BCUT2D eigenvalue weighted by Gasteiger charge is -2.36. The van der Waals surface area contributed by atoms with E-state index in [9.17, 15) is 5.11 Å². The van der Waals surface area contributed by atoms with Crippen LogP contribution in [0.2, 0.25) is 0 Å². The summed E-state index contributed by atoms with van der Waals surface area (Å²) in [5.41, 5.74) is 0. The van der Waals surface area contributed by atoms with Gasteiger partial charge >= 0.3 is 0 Å². The molecule has 1 aromatic heterocycles. The first-order valence-corrected chi connectivity index (χ1v) is 7.52. The first-order chi connectivity index (χ1) is 8.61. The summed E-state index contributed by atoms with van der Waals surface area (Å²) in [5.74, 6) is 0. The number of anilines is 1. The van der Waals surface area contributed by atoms with Crippen LogP contribution in [0.15, 0.2) is 6.20 Å². The number of hydrogen-bond acceptors (Lipinski definition) is 5. The van der Waals surface area contributed by atoms with Crippen LogP contribution in [-0.4, -0.2) is 47.7 Å². The molecule has 2 rings (SSSR count). The number of aliphatic hydroxyl groups excluding tert-OH is 1.